The Bertz CT molecular complexity index is 1060. The van der Waals surface area contributed by atoms with E-state index in [1.807, 2.05) is 64.1 Å². The quantitative estimate of drug-likeness (QED) is 0.615. The lowest BCUT2D eigenvalue weighted by Gasteiger charge is -2.38. The Morgan fingerprint density at radius 1 is 1.09 bits per heavy atom. The van der Waals surface area contributed by atoms with Crippen LogP contribution in [0.4, 0.5) is 0 Å². The van der Waals surface area contributed by atoms with Crippen molar-refractivity contribution in [1.82, 2.24) is 5.32 Å². The van der Waals surface area contributed by atoms with E-state index in [1.165, 1.54) is 0 Å². The first-order chi connectivity index (χ1) is 15.8. The predicted molar refractivity (Wildman–Crippen MR) is 128 cm³/mol. The van der Waals surface area contributed by atoms with E-state index in [0.29, 0.717) is 30.8 Å². The molecule has 1 fully saturated rings. The highest BCUT2D eigenvalue weighted by Crippen LogP contribution is 2.44. The number of hydrogen-bond acceptors (Lipinski definition) is 4. The summed E-state index contributed by atoms with van der Waals surface area (Å²) < 4.78 is 12.1. The molecule has 2 aromatic carbocycles. The molecule has 0 bridgehead atoms. The Kier molecular flexibility index (Phi) is 6.71. The van der Waals surface area contributed by atoms with Gasteiger partial charge in [0.1, 0.15) is 5.76 Å². The Labute approximate surface area is 196 Å². The average Bonchev–Trinajstić information content (AvgIpc) is 3.06. The smallest absolute Gasteiger partial charge is 0.313 e. The summed E-state index contributed by atoms with van der Waals surface area (Å²) in [6.45, 7) is 8.18. The molecule has 0 atom stereocenters. The van der Waals surface area contributed by atoms with Gasteiger partial charge in [-0.25, -0.2) is 0 Å². The molecule has 4 rings (SSSR count). The Morgan fingerprint density at radius 2 is 1.79 bits per heavy atom. The molecule has 2 aromatic rings. The third kappa shape index (κ3) is 4.88. The van der Waals surface area contributed by atoms with Crippen molar-refractivity contribution in [2.45, 2.75) is 71.6 Å². The van der Waals surface area contributed by atoms with E-state index in [-0.39, 0.29) is 23.9 Å². The second kappa shape index (κ2) is 9.52. The van der Waals surface area contributed by atoms with E-state index in [1.54, 1.807) is 0 Å². The zero-order valence-electron chi connectivity index (χ0n) is 19.9. The SMILES string of the molecule is Cc1ccc(C)c(C2=C(OC(=O)C(C)C)C3(CCC(OCc4ccccc4)CC3)NC2=O)c1. The minimum Gasteiger partial charge on any atom is -0.427 e. The number of carbonyl (C=O) groups is 2. The Balaban J connectivity index is 1.60. The number of ether oxygens (including phenoxy) is 2. The van der Waals surface area contributed by atoms with Crippen molar-refractivity contribution in [1.29, 1.82) is 0 Å². The first-order valence-corrected chi connectivity index (χ1v) is 11.8. The first-order valence-electron chi connectivity index (χ1n) is 11.8. The lowest BCUT2D eigenvalue weighted by atomic mass is 9.79. The normalized spacial score (nSPS) is 22.7. The van der Waals surface area contributed by atoms with Crippen molar-refractivity contribution < 1.29 is 19.1 Å². The second-order valence-electron chi connectivity index (χ2n) is 9.63. The van der Waals surface area contributed by atoms with E-state index in [2.05, 4.69) is 17.4 Å². The van der Waals surface area contributed by atoms with Crippen LogP contribution in [0, 0.1) is 19.8 Å². The highest BCUT2D eigenvalue weighted by atomic mass is 16.5. The maximum Gasteiger partial charge on any atom is 0.313 e. The molecule has 174 valence electrons. The van der Waals surface area contributed by atoms with Gasteiger partial charge in [0, 0.05) is 0 Å². The monoisotopic (exact) mass is 447 g/mol. The van der Waals surface area contributed by atoms with Gasteiger partial charge in [-0.2, -0.15) is 0 Å². The van der Waals surface area contributed by atoms with Crippen molar-refractivity contribution in [2.75, 3.05) is 0 Å². The molecule has 0 unspecified atom stereocenters. The van der Waals surface area contributed by atoms with Gasteiger partial charge in [0.2, 0.25) is 0 Å². The summed E-state index contributed by atoms with van der Waals surface area (Å²) in [5, 5.41) is 3.21. The van der Waals surface area contributed by atoms with Gasteiger partial charge < -0.3 is 14.8 Å². The third-order valence-corrected chi connectivity index (χ3v) is 6.69. The molecule has 1 N–H and O–H groups in total. The summed E-state index contributed by atoms with van der Waals surface area (Å²) in [7, 11) is 0. The van der Waals surface area contributed by atoms with Crippen LogP contribution in [0.2, 0.25) is 0 Å². The van der Waals surface area contributed by atoms with Crippen molar-refractivity contribution in [3.05, 3.63) is 76.5 Å². The second-order valence-corrected chi connectivity index (χ2v) is 9.63. The maximum atomic E-state index is 13.3. The molecular formula is C28H33NO4. The highest BCUT2D eigenvalue weighted by molar-refractivity contribution is 6.24. The van der Waals surface area contributed by atoms with Crippen molar-refractivity contribution in [3.63, 3.8) is 0 Å². The van der Waals surface area contributed by atoms with Crippen LogP contribution in [0.5, 0.6) is 0 Å². The number of carbonyl (C=O) groups excluding carboxylic acids is 2. The highest BCUT2D eigenvalue weighted by Gasteiger charge is 2.50. The maximum absolute atomic E-state index is 13.3. The predicted octanol–water partition coefficient (Wildman–Crippen LogP) is 5.24. The molecule has 33 heavy (non-hydrogen) atoms. The Hall–Kier alpha value is -2.92. The fourth-order valence-electron chi connectivity index (χ4n) is 4.69. The van der Waals surface area contributed by atoms with Gasteiger partial charge in [0.25, 0.3) is 5.91 Å². The summed E-state index contributed by atoms with van der Waals surface area (Å²) >= 11 is 0. The van der Waals surface area contributed by atoms with Crippen LogP contribution in [0.15, 0.2) is 54.3 Å². The fourth-order valence-corrected chi connectivity index (χ4v) is 4.69. The fraction of sp³-hybridized carbons (Fsp3) is 0.429. The van der Waals surface area contributed by atoms with Gasteiger partial charge in [-0.1, -0.05) is 67.9 Å². The minimum absolute atomic E-state index is 0.111. The van der Waals surface area contributed by atoms with Crippen LogP contribution in [0.25, 0.3) is 5.57 Å². The lowest BCUT2D eigenvalue weighted by molar-refractivity contribution is -0.144. The molecule has 5 nitrogen and oxygen atoms in total. The standard InChI is InChI=1S/C28H33NO4/c1-18(2)27(31)33-25-24(23-16-19(3)10-11-20(23)4)26(30)29-28(25)14-12-22(13-15-28)32-17-21-8-6-5-7-9-21/h5-11,16,18,22H,12-15,17H2,1-4H3,(H,29,30). The van der Waals surface area contributed by atoms with Gasteiger partial charge in [0.05, 0.1) is 29.7 Å². The molecule has 5 heteroatoms. The molecule has 2 aliphatic rings. The number of hydrogen-bond donors (Lipinski definition) is 1. The van der Waals surface area contributed by atoms with Crippen LogP contribution < -0.4 is 5.32 Å². The number of benzene rings is 2. The Morgan fingerprint density at radius 3 is 2.45 bits per heavy atom. The minimum atomic E-state index is -0.667. The molecular weight excluding hydrogens is 414 g/mol. The molecule has 0 saturated heterocycles. The lowest BCUT2D eigenvalue weighted by Crippen LogP contribution is -2.49. The van der Waals surface area contributed by atoms with E-state index >= 15 is 0 Å². The number of amides is 1. The van der Waals surface area contributed by atoms with Crippen LogP contribution in [0.1, 0.15) is 61.8 Å². The molecule has 1 aliphatic heterocycles. The van der Waals surface area contributed by atoms with Gasteiger partial charge in [-0.05, 0) is 56.2 Å². The number of aryl methyl sites for hydroxylation is 2. The molecule has 1 aliphatic carbocycles. The summed E-state index contributed by atoms with van der Waals surface area (Å²) in [5.74, 6) is -0.276. The summed E-state index contributed by atoms with van der Waals surface area (Å²) in [5.41, 5.74) is 3.85. The number of rotatable bonds is 6. The van der Waals surface area contributed by atoms with Gasteiger partial charge in [-0.15, -0.1) is 0 Å². The third-order valence-electron chi connectivity index (χ3n) is 6.69. The molecule has 1 saturated carbocycles. The molecule has 1 heterocycles. The van der Waals surface area contributed by atoms with Crippen LogP contribution in [-0.4, -0.2) is 23.5 Å². The number of nitrogens with one attached hydrogen (secondary N) is 1. The van der Waals surface area contributed by atoms with E-state index in [9.17, 15) is 9.59 Å². The molecule has 0 radical (unpaired) electrons. The zero-order chi connectivity index (χ0) is 23.6. The average molecular weight is 448 g/mol. The van der Waals surface area contributed by atoms with Crippen molar-refractivity contribution in [2.24, 2.45) is 5.92 Å². The van der Waals surface area contributed by atoms with Crippen LogP contribution in [0.3, 0.4) is 0 Å². The summed E-state index contributed by atoms with van der Waals surface area (Å²) in [6, 6.07) is 16.2. The summed E-state index contributed by atoms with van der Waals surface area (Å²) in [4.78, 5) is 25.9. The van der Waals surface area contributed by atoms with Gasteiger partial charge in [-0.3, -0.25) is 9.59 Å². The largest absolute Gasteiger partial charge is 0.427 e. The number of esters is 1. The van der Waals surface area contributed by atoms with Crippen LogP contribution in [-0.2, 0) is 25.7 Å². The van der Waals surface area contributed by atoms with Gasteiger partial charge >= 0.3 is 5.97 Å². The molecule has 0 aromatic heterocycles. The van der Waals surface area contributed by atoms with Crippen molar-refractivity contribution >= 4 is 17.4 Å². The zero-order valence-corrected chi connectivity index (χ0v) is 19.9. The first kappa shape index (κ1) is 23.2. The molecule has 1 spiro atoms. The topological polar surface area (TPSA) is 64.6 Å². The van der Waals surface area contributed by atoms with Gasteiger partial charge in [0.15, 0.2) is 0 Å². The van der Waals surface area contributed by atoms with Crippen molar-refractivity contribution in [3.8, 4) is 0 Å². The molecule has 1 amide bonds. The van der Waals surface area contributed by atoms with E-state index < -0.39 is 5.54 Å². The van der Waals surface area contributed by atoms with E-state index in [0.717, 1.165) is 35.1 Å². The van der Waals surface area contributed by atoms with E-state index in [4.69, 9.17) is 9.47 Å². The van der Waals surface area contributed by atoms with Crippen LogP contribution >= 0.6 is 0 Å². The summed E-state index contributed by atoms with van der Waals surface area (Å²) in [6.07, 6.45) is 3.03.